The lowest BCUT2D eigenvalue weighted by molar-refractivity contribution is 0.121. The van der Waals surface area contributed by atoms with Crippen LogP contribution in [0.15, 0.2) is 0 Å². The fourth-order valence-electron chi connectivity index (χ4n) is 2.87. The summed E-state index contributed by atoms with van der Waals surface area (Å²) in [6, 6.07) is 0.325. The van der Waals surface area contributed by atoms with Gasteiger partial charge in [0.25, 0.3) is 0 Å². The molecular weight excluding hydrogens is 288 g/mol. The number of amides is 1. The van der Waals surface area contributed by atoms with Gasteiger partial charge < -0.3 is 10.0 Å². The first-order valence-electron chi connectivity index (χ1n) is 7.93. The van der Waals surface area contributed by atoms with Crippen LogP contribution in [0.2, 0.25) is 0 Å². The molecule has 0 radical (unpaired) electrons. The minimum absolute atomic E-state index is 0.236. The van der Waals surface area contributed by atoms with Crippen LogP contribution >= 0.6 is 0 Å². The molecule has 2 aliphatic rings. The number of likely N-dealkylation sites (tertiary alicyclic amines) is 1. The Kier molecular flexibility index (Phi) is 5.30. The second kappa shape index (κ2) is 6.65. The normalized spacial score (nSPS) is 23.9. The molecule has 122 valence electrons. The van der Waals surface area contributed by atoms with Crippen molar-refractivity contribution in [2.24, 2.45) is 11.8 Å². The molecule has 0 aromatic heterocycles. The van der Waals surface area contributed by atoms with E-state index in [1.165, 1.54) is 17.7 Å². The number of nitrogens with zero attached hydrogens (tertiary/aromatic N) is 1. The van der Waals surface area contributed by atoms with E-state index in [0.717, 1.165) is 19.3 Å². The molecule has 1 aliphatic carbocycles. The monoisotopic (exact) mass is 316 g/mol. The Morgan fingerprint density at radius 1 is 1.29 bits per heavy atom. The quantitative estimate of drug-likeness (QED) is 0.819. The zero-order valence-corrected chi connectivity index (χ0v) is 14.1. The average molecular weight is 316 g/mol. The second-order valence-electron chi connectivity index (χ2n) is 7.39. The van der Waals surface area contributed by atoms with Crippen molar-refractivity contribution >= 4 is 17.1 Å². The van der Waals surface area contributed by atoms with Crippen LogP contribution in [0.4, 0.5) is 4.79 Å². The Hall–Kier alpha value is -0.620. The molecule has 1 amide bonds. The van der Waals surface area contributed by atoms with E-state index in [4.69, 9.17) is 5.11 Å². The lowest BCUT2D eigenvalue weighted by Crippen LogP contribution is -2.43. The Morgan fingerprint density at radius 2 is 1.86 bits per heavy atom. The largest absolute Gasteiger partial charge is 0.465 e. The highest BCUT2D eigenvalue weighted by Gasteiger charge is 2.36. The van der Waals surface area contributed by atoms with E-state index in [1.807, 2.05) is 20.8 Å². The van der Waals surface area contributed by atoms with Gasteiger partial charge in [0.2, 0.25) is 0 Å². The molecular formula is C15H28N2O3S. The van der Waals surface area contributed by atoms with E-state index in [0.29, 0.717) is 31.0 Å². The molecule has 1 heterocycles. The van der Waals surface area contributed by atoms with Crippen LogP contribution in [0.25, 0.3) is 0 Å². The maximum atomic E-state index is 12.3. The summed E-state index contributed by atoms with van der Waals surface area (Å²) in [5.74, 6) is 1.21. The molecule has 0 spiro atoms. The van der Waals surface area contributed by atoms with Crippen molar-refractivity contribution < 1.29 is 14.1 Å². The maximum Gasteiger partial charge on any atom is 0.407 e. The molecule has 5 nitrogen and oxygen atoms in total. The fourth-order valence-corrected chi connectivity index (χ4v) is 3.79. The summed E-state index contributed by atoms with van der Waals surface area (Å²) < 4.78 is 15.4. The number of rotatable bonds is 5. The standard InChI is InChI=1S/C15H28N2O3S/c1-15(2,3)21(20)16-13(12-4-5-12)10-11-6-8-17(9-7-11)14(18)19/h11-13,16H,4-10H2,1-3H3,(H,18,19)/t13-,21-/m0/s1. The number of carboxylic acid groups (broad SMARTS) is 1. The molecule has 2 fully saturated rings. The summed E-state index contributed by atoms with van der Waals surface area (Å²) in [6.07, 6.45) is 4.54. The predicted molar refractivity (Wildman–Crippen MR) is 84.5 cm³/mol. The van der Waals surface area contributed by atoms with Gasteiger partial charge >= 0.3 is 6.09 Å². The van der Waals surface area contributed by atoms with Gasteiger partial charge in [-0.15, -0.1) is 0 Å². The van der Waals surface area contributed by atoms with Crippen molar-refractivity contribution in [1.82, 2.24) is 9.62 Å². The number of nitrogens with one attached hydrogen (secondary N) is 1. The summed E-state index contributed by atoms with van der Waals surface area (Å²) in [4.78, 5) is 12.4. The highest BCUT2D eigenvalue weighted by molar-refractivity contribution is 7.84. The molecule has 1 saturated carbocycles. The highest BCUT2D eigenvalue weighted by atomic mass is 32.2. The average Bonchev–Trinajstić information content (AvgIpc) is 3.21. The molecule has 0 unspecified atom stereocenters. The van der Waals surface area contributed by atoms with Crippen molar-refractivity contribution in [2.75, 3.05) is 13.1 Å². The Labute approximate surface area is 130 Å². The lowest BCUT2D eigenvalue weighted by atomic mass is 9.89. The first-order chi connectivity index (χ1) is 9.77. The number of hydrogen-bond acceptors (Lipinski definition) is 2. The van der Waals surface area contributed by atoms with Gasteiger partial charge in [0.15, 0.2) is 0 Å². The van der Waals surface area contributed by atoms with Crippen molar-refractivity contribution in [2.45, 2.75) is 63.7 Å². The first kappa shape index (κ1) is 16.7. The van der Waals surface area contributed by atoms with Gasteiger partial charge in [0.05, 0.1) is 15.7 Å². The van der Waals surface area contributed by atoms with Crippen LogP contribution in [0.1, 0.15) is 52.9 Å². The molecule has 0 bridgehead atoms. The summed E-state index contributed by atoms with van der Waals surface area (Å²) in [5.41, 5.74) is 0. The molecule has 1 aliphatic heterocycles. The Morgan fingerprint density at radius 3 is 2.29 bits per heavy atom. The molecule has 1 saturated heterocycles. The van der Waals surface area contributed by atoms with Gasteiger partial charge in [-0.3, -0.25) is 0 Å². The molecule has 21 heavy (non-hydrogen) atoms. The van der Waals surface area contributed by atoms with Gasteiger partial charge in [-0.25, -0.2) is 13.7 Å². The zero-order valence-electron chi connectivity index (χ0n) is 13.3. The van der Waals surface area contributed by atoms with Crippen LogP contribution in [0.5, 0.6) is 0 Å². The Bertz CT molecular complexity index is 396. The highest BCUT2D eigenvalue weighted by Crippen LogP contribution is 2.37. The first-order valence-corrected chi connectivity index (χ1v) is 9.08. The van der Waals surface area contributed by atoms with Crippen LogP contribution in [-0.4, -0.2) is 44.2 Å². The van der Waals surface area contributed by atoms with E-state index in [1.54, 1.807) is 0 Å². The number of piperidine rings is 1. The maximum absolute atomic E-state index is 12.3. The predicted octanol–water partition coefficient (Wildman–Crippen LogP) is 2.60. The topological polar surface area (TPSA) is 69.6 Å². The molecule has 0 aromatic carbocycles. The van der Waals surface area contributed by atoms with Gasteiger partial charge in [0.1, 0.15) is 0 Å². The lowest BCUT2D eigenvalue weighted by Gasteiger charge is -2.33. The van der Waals surface area contributed by atoms with Gasteiger partial charge in [-0.2, -0.15) is 0 Å². The Balaban J connectivity index is 1.84. The minimum atomic E-state index is -1.02. The SMILES string of the molecule is CC(C)(C)[S@](=O)N[C@@H](CC1CCN(C(=O)O)CC1)C1CC1. The van der Waals surface area contributed by atoms with Crippen LogP contribution in [-0.2, 0) is 11.0 Å². The van der Waals surface area contributed by atoms with Gasteiger partial charge in [-0.1, -0.05) is 0 Å². The van der Waals surface area contributed by atoms with E-state index < -0.39 is 17.1 Å². The van der Waals surface area contributed by atoms with E-state index in [-0.39, 0.29) is 4.75 Å². The van der Waals surface area contributed by atoms with Crippen LogP contribution in [0, 0.1) is 11.8 Å². The molecule has 2 N–H and O–H groups in total. The second-order valence-corrected chi connectivity index (χ2v) is 9.39. The van der Waals surface area contributed by atoms with Crippen molar-refractivity contribution in [3.8, 4) is 0 Å². The van der Waals surface area contributed by atoms with E-state index in [9.17, 15) is 9.00 Å². The van der Waals surface area contributed by atoms with Crippen molar-refractivity contribution in [3.63, 3.8) is 0 Å². The minimum Gasteiger partial charge on any atom is -0.465 e. The third kappa shape index (κ3) is 4.95. The van der Waals surface area contributed by atoms with Gasteiger partial charge in [0, 0.05) is 19.1 Å². The molecule has 0 aromatic rings. The van der Waals surface area contributed by atoms with Crippen LogP contribution < -0.4 is 4.72 Å². The summed E-state index contributed by atoms with van der Waals surface area (Å²) in [6.45, 7) is 7.25. The third-order valence-electron chi connectivity index (χ3n) is 4.48. The van der Waals surface area contributed by atoms with Crippen LogP contribution in [0.3, 0.4) is 0 Å². The van der Waals surface area contributed by atoms with Crippen molar-refractivity contribution in [3.05, 3.63) is 0 Å². The number of carbonyl (C=O) groups is 1. The third-order valence-corrected chi connectivity index (χ3v) is 6.11. The van der Waals surface area contributed by atoms with Gasteiger partial charge in [-0.05, 0) is 64.7 Å². The molecule has 2 rings (SSSR count). The zero-order chi connectivity index (χ0) is 15.6. The van der Waals surface area contributed by atoms with Crippen molar-refractivity contribution in [1.29, 1.82) is 0 Å². The summed E-state index contributed by atoms with van der Waals surface area (Å²) >= 11 is 0. The molecule has 6 heteroatoms. The molecule has 2 atom stereocenters. The van der Waals surface area contributed by atoms with E-state index >= 15 is 0 Å². The fraction of sp³-hybridized carbons (Fsp3) is 0.933. The number of hydrogen-bond donors (Lipinski definition) is 2. The summed E-state index contributed by atoms with van der Waals surface area (Å²) in [7, 11) is -1.02. The summed E-state index contributed by atoms with van der Waals surface area (Å²) in [5, 5.41) is 8.99. The smallest absolute Gasteiger partial charge is 0.407 e. The van der Waals surface area contributed by atoms with E-state index in [2.05, 4.69) is 4.72 Å².